The van der Waals surface area contributed by atoms with E-state index in [1.165, 1.54) is 20.9 Å². The maximum absolute atomic E-state index is 12.7. The van der Waals surface area contributed by atoms with Gasteiger partial charge in [-0.25, -0.2) is 22.8 Å². The van der Waals surface area contributed by atoms with Gasteiger partial charge in [-0.05, 0) is 160 Å². The fraction of sp³-hybridized carbons (Fsp3) is 0.579. The maximum atomic E-state index is 12.7. The highest BCUT2D eigenvalue weighted by molar-refractivity contribution is 7.52. The Bertz CT molecular complexity index is 2460. The standard InChI is InChI=1S/C17H21O4P.C15H17O4P.C9H21O4P.C7H17O4P.C5H13O4P.C4H11O3P/c1-15(2)21-22(18,19-13-16-9-5-3-6-10-16)20-14-17-11-7-4-8-12-17;1-13(2)17-20(16,18-14-9-5-3-6-10-14)19-15-11-7-4-8-12-15;1-7(2)11-14(10,12-8(3)4)13-9(5)6;1-5-9-12(8,10-6-2)11-7(3)4;1-5(2)9-10(6,7-3)8-4;1-4(2)7-8(3,5)6/h3-12,15H,13-14H2,1-2H3;3-13H,1-2H3;7-9H,1-6H3;7H,5-6H2,1-4H3;5H,1-4H3;4H,1-3H3,(H,5,6). The molecule has 0 bridgehead atoms. The predicted octanol–water partition coefficient (Wildman–Crippen LogP) is 18.6. The van der Waals surface area contributed by atoms with E-state index in [-0.39, 0.29) is 62.0 Å². The number of para-hydroxylation sites is 2. The summed E-state index contributed by atoms with van der Waals surface area (Å²) in [7, 11) is -17.9. The van der Waals surface area contributed by atoms with Crippen LogP contribution in [0.3, 0.4) is 0 Å². The van der Waals surface area contributed by atoms with Crippen molar-refractivity contribution in [3.05, 3.63) is 132 Å². The zero-order chi connectivity index (χ0) is 66.2. The zero-order valence-corrected chi connectivity index (χ0v) is 59.5. The van der Waals surface area contributed by atoms with Crippen molar-refractivity contribution in [3.63, 3.8) is 0 Å². The van der Waals surface area contributed by atoms with Gasteiger partial charge in [0.25, 0.3) is 0 Å². The fourth-order valence-electron chi connectivity index (χ4n) is 5.68. The van der Waals surface area contributed by atoms with E-state index in [1.54, 1.807) is 173 Å². The van der Waals surface area contributed by atoms with Crippen molar-refractivity contribution in [2.45, 2.75) is 187 Å². The zero-order valence-electron chi connectivity index (χ0n) is 54.1. The minimum Gasteiger partial charge on any atom is -0.395 e. The Morgan fingerprint density at radius 3 is 0.779 bits per heavy atom. The van der Waals surface area contributed by atoms with E-state index in [9.17, 15) is 27.4 Å². The van der Waals surface area contributed by atoms with Gasteiger partial charge in [-0.3, -0.25) is 63.4 Å². The highest BCUT2D eigenvalue weighted by atomic mass is 31.2. The van der Waals surface area contributed by atoms with Crippen molar-refractivity contribution in [1.82, 2.24) is 0 Å². The summed E-state index contributed by atoms with van der Waals surface area (Å²) in [6.07, 6.45) is -1.57. The molecule has 0 radical (unpaired) electrons. The Hall–Kier alpha value is -2.74. The summed E-state index contributed by atoms with van der Waals surface area (Å²) in [5.41, 5.74) is 1.83. The molecule has 0 aliphatic rings. The molecule has 0 heterocycles. The fourth-order valence-corrected chi connectivity index (χ4v) is 13.1. The summed E-state index contributed by atoms with van der Waals surface area (Å²) in [4.78, 5) is 8.52. The molecular weight excluding hydrogens is 1240 g/mol. The van der Waals surface area contributed by atoms with Crippen LogP contribution >= 0.6 is 46.7 Å². The number of hydrogen-bond acceptors (Lipinski definition) is 22. The molecule has 1 unspecified atom stereocenters. The molecule has 1 atom stereocenters. The molecule has 4 aromatic rings. The Morgan fingerprint density at radius 2 is 0.558 bits per heavy atom. The molecule has 0 aliphatic heterocycles. The molecular formula is C57H100O23P6. The van der Waals surface area contributed by atoms with Crippen molar-refractivity contribution in [2.75, 3.05) is 34.1 Å². The average Bonchev–Trinajstić information content (AvgIpc) is 2.95. The Kier molecular flexibility index (Phi) is 45.1. The second kappa shape index (κ2) is 45.5. The van der Waals surface area contributed by atoms with Gasteiger partial charge < -0.3 is 18.5 Å². The van der Waals surface area contributed by atoms with Crippen LogP contribution in [0.15, 0.2) is 121 Å². The van der Waals surface area contributed by atoms with Crippen molar-refractivity contribution < 1.29 is 105 Å². The SMILES string of the molecule is CC(C)OP(=O)(OC(C)C)OC(C)C.CC(C)OP(=O)(OCc1ccccc1)OCc1ccccc1.CC(C)OP(=O)(Oc1ccccc1)Oc1ccccc1.CC(C)OP(C)(=O)O.CCOP(=O)(OCC)OC(C)C.COP(=O)(OC)OC(C)C. The van der Waals surface area contributed by atoms with Crippen LogP contribution in [-0.2, 0) is 104 Å². The van der Waals surface area contributed by atoms with Gasteiger partial charge in [-0.1, -0.05) is 97.1 Å². The number of phosphoric acid groups is 5. The van der Waals surface area contributed by atoms with Crippen LogP contribution in [0.5, 0.6) is 11.5 Å². The minimum absolute atomic E-state index is 0.158. The third-order valence-electron chi connectivity index (χ3n) is 8.19. The number of rotatable bonds is 32. The highest BCUT2D eigenvalue weighted by Crippen LogP contribution is 2.54. The van der Waals surface area contributed by atoms with Crippen LogP contribution in [-0.4, -0.2) is 87.8 Å². The van der Waals surface area contributed by atoms with Crippen LogP contribution < -0.4 is 9.05 Å². The summed E-state index contributed by atoms with van der Waals surface area (Å²) >= 11 is 0. The van der Waals surface area contributed by atoms with E-state index < -0.39 is 46.7 Å². The van der Waals surface area contributed by atoms with Crippen molar-refractivity contribution in [3.8, 4) is 11.5 Å². The van der Waals surface area contributed by atoms with Crippen LogP contribution in [0.25, 0.3) is 0 Å². The van der Waals surface area contributed by atoms with Crippen molar-refractivity contribution >= 4 is 46.7 Å². The van der Waals surface area contributed by atoms with E-state index in [4.69, 9.17) is 63.7 Å². The van der Waals surface area contributed by atoms with E-state index in [1.807, 2.05) is 72.8 Å². The molecule has 0 aromatic heterocycles. The van der Waals surface area contributed by atoms with E-state index >= 15 is 0 Å². The van der Waals surface area contributed by atoms with Crippen molar-refractivity contribution in [1.29, 1.82) is 0 Å². The maximum Gasteiger partial charge on any atom is 0.587 e. The lowest BCUT2D eigenvalue weighted by atomic mass is 10.2. The first kappa shape index (κ1) is 85.3. The summed E-state index contributed by atoms with van der Waals surface area (Å²) in [6, 6.07) is 36.7. The summed E-state index contributed by atoms with van der Waals surface area (Å²) in [6.45, 7) is 34.1. The molecule has 4 rings (SSSR count). The van der Waals surface area contributed by atoms with Gasteiger partial charge in [-0.2, -0.15) is 0 Å². The Balaban J connectivity index is 0. The molecule has 0 amide bonds. The highest BCUT2D eigenvalue weighted by Gasteiger charge is 2.33. The molecule has 23 nitrogen and oxygen atoms in total. The predicted molar refractivity (Wildman–Crippen MR) is 337 cm³/mol. The van der Waals surface area contributed by atoms with Gasteiger partial charge in [-0.15, -0.1) is 0 Å². The minimum atomic E-state index is -3.72. The average molecular weight is 1340 g/mol. The van der Waals surface area contributed by atoms with E-state index in [0.717, 1.165) is 11.1 Å². The van der Waals surface area contributed by atoms with Crippen molar-refractivity contribution in [2.24, 2.45) is 0 Å². The Labute approximate surface area is 513 Å². The first-order valence-corrected chi connectivity index (χ1v) is 37.3. The Morgan fingerprint density at radius 1 is 0.326 bits per heavy atom. The van der Waals surface area contributed by atoms with Crippen LogP contribution in [0.2, 0.25) is 0 Å². The van der Waals surface area contributed by atoms with Gasteiger partial charge in [0.2, 0.25) is 0 Å². The lowest BCUT2D eigenvalue weighted by Crippen LogP contribution is -2.12. The summed E-state index contributed by atoms with van der Waals surface area (Å²) < 4.78 is 152. The third-order valence-corrected chi connectivity index (χ3v) is 17.6. The van der Waals surface area contributed by atoms with Gasteiger partial charge in [0.15, 0.2) is 0 Å². The third kappa shape index (κ3) is 47.2. The molecule has 86 heavy (non-hydrogen) atoms. The first-order chi connectivity index (χ1) is 39.9. The normalized spacial score (nSPS) is 12.7. The summed E-state index contributed by atoms with van der Waals surface area (Å²) in [5.74, 6) is 0.875. The molecule has 29 heteroatoms. The number of benzene rings is 4. The van der Waals surface area contributed by atoms with Gasteiger partial charge >= 0.3 is 46.7 Å². The smallest absolute Gasteiger partial charge is 0.395 e. The van der Waals surface area contributed by atoms with Gasteiger partial charge in [0.1, 0.15) is 11.5 Å². The lowest BCUT2D eigenvalue weighted by molar-refractivity contribution is 0.0559. The van der Waals surface area contributed by atoms with Gasteiger partial charge in [0, 0.05) is 20.9 Å². The number of hydrogen-bond donors (Lipinski definition) is 1. The van der Waals surface area contributed by atoms with Crippen LogP contribution in [0, 0.1) is 0 Å². The summed E-state index contributed by atoms with van der Waals surface area (Å²) in [5, 5.41) is 0. The van der Waals surface area contributed by atoms with E-state index in [2.05, 4.69) is 13.6 Å². The second-order valence-electron chi connectivity index (χ2n) is 19.8. The van der Waals surface area contributed by atoms with Crippen LogP contribution in [0.1, 0.15) is 136 Å². The first-order valence-electron chi connectivity index (χ1n) is 27.9. The molecule has 0 spiro atoms. The topological polar surface area (TPSA) is 270 Å². The largest absolute Gasteiger partial charge is 0.587 e. The molecule has 0 aliphatic carbocycles. The number of phosphoric ester groups is 5. The van der Waals surface area contributed by atoms with Gasteiger partial charge in [0.05, 0.1) is 75.3 Å². The lowest BCUT2D eigenvalue weighted by Gasteiger charge is -2.23. The molecule has 0 saturated heterocycles. The monoisotopic (exact) mass is 1340 g/mol. The molecule has 4 aromatic carbocycles. The van der Waals surface area contributed by atoms with E-state index in [0.29, 0.717) is 24.7 Å². The molecule has 0 fully saturated rings. The second-order valence-corrected chi connectivity index (χ2v) is 29.7. The molecule has 0 saturated carbocycles. The quantitative estimate of drug-likeness (QED) is 0.0445. The molecule has 1 N–H and O–H groups in total. The molecule has 496 valence electrons. The van der Waals surface area contributed by atoms with Crippen LogP contribution in [0.4, 0.5) is 0 Å².